The molecule has 0 bridgehead atoms. The number of hydrogen-bond acceptors (Lipinski definition) is 3. The molecule has 0 radical (unpaired) electrons. The van der Waals surface area contributed by atoms with Gasteiger partial charge in [0.2, 0.25) is 0 Å². The summed E-state index contributed by atoms with van der Waals surface area (Å²) >= 11 is 0. The van der Waals surface area contributed by atoms with Crippen molar-refractivity contribution in [3.8, 4) is 0 Å². The van der Waals surface area contributed by atoms with E-state index in [0.29, 0.717) is 12.2 Å². The summed E-state index contributed by atoms with van der Waals surface area (Å²) < 4.78 is 0. The number of aliphatic hydroxyl groups excluding tert-OH is 3. The van der Waals surface area contributed by atoms with Gasteiger partial charge in [-0.2, -0.15) is 0 Å². The Kier molecular flexibility index (Phi) is 2.76. The highest BCUT2D eigenvalue weighted by Gasteiger charge is 2.54. The zero-order chi connectivity index (χ0) is 14.8. The van der Waals surface area contributed by atoms with Crippen LogP contribution in [0.4, 0.5) is 0 Å². The van der Waals surface area contributed by atoms with Crippen LogP contribution in [0.15, 0.2) is 46.8 Å². The van der Waals surface area contributed by atoms with Crippen LogP contribution in [0.5, 0.6) is 0 Å². The molecule has 21 heavy (non-hydrogen) atoms. The average molecular weight is 286 g/mol. The van der Waals surface area contributed by atoms with Crippen molar-refractivity contribution in [2.24, 2.45) is 17.3 Å². The van der Waals surface area contributed by atoms with Crippen molar-refractivity contribution in [1.82, 2.24) is 0 Å². The topological polar surface area (TPSA) is 60.7 Å². The highest BCUT2D eigenvalue weighted by Crippen LogP contribution is 2.58. The van der Waals surface area contributed by atoms with E-state index in [9.17, 15) is 15.3 Å². The monoisotopic (exact) mass is 286 g/mol. The Labute approximate surface area is 125 Å². The number of aliphatic hydroxyl groups is 3. The van der Waals surface area contributed by atoms with E-state index in [1.54, 1.807) is 6.08 Å². The first-order chi connectivity index (χ1) is 10.0. The Hall–Kier alpha value is -1.32. The molecule has 0 aromatic carbocycles. The normalized spacial score (nSPS) is 44.7. The molecule has 2 saturated carbocycles. The SMILES string of the molecule is C[C@]12CCC3=C4C=CC(O)=CC4CC=C3C1C[C@@H](O)[C@@H]2O. The number of rotatable bonds is 0. The number of hydrogen-bond donors (Lipinski definition) is 3. The maximum atomic E-state index is 10.4. The van der Waals surface area contributed by atoms with Crippen molar-refractivity contribution >= 4 is 0 Å². The fourth-order valence-electron chi connectivity index (χ4n) is 4.84. The summed E-state index contributed by atoms with van der Waals surface area (Å²) in [5, 5.41) is 30.1. The van der Waals surface area contributed by atoms with Crippen molar-refractivity contribution in [2.75, 3.05) is 0 Å². The summed E-state index contributed by atoms with van der Waals surface area (Å²) in [7, 11) is 0. The van der Waals surface area contributed by atoms with Gasteiger partial charge in [0.25, 0.3) is 0 Å². The van der Waals surface area contributed by atoms with E-state index >= 15 is 0 Å². The average Bonchev–Trinajstić information content (AvgIpc) is 2.70. The second-order valence-corrected chi connectivity index (χ2v) is 7.17. The Morgan fingerprint density at radius 1 is 1.24 bits per heavy atom. The van der Waals surface area contributed by atoms with E-state index in [1.165, 1.54) is 16.7 Å². The Morgan fingerprint density at radius 2 is 2.05 bits per heavy atom. The second-order valence-electron chi connectivity index (χ2n) is 7.17. The summed E-state index contributed by atoms with van der Waals surface area (Å²) in [5.74, 6) is 0.899. The van der Waals surface area contributed by atoms with Gasteiger partial charge in [0.15, 0.2) is 0 Å². The zero-order valence-electron chi connectivity index (χ0n) is 12.3. The minimum Gasteiger partial charge on any atom is -0.508 e. The molecule has 4 aliphatic rings. The van der Waals surface area contributed by atoms with Crippen LogP contribution in [-0.4, -0.2) is 27.5 Å². The van der Waals surface area contributed by atoms with Gasteiger partial charge in [-0.15, -0.1) is 0 Å². The maximum Gasteiger partial charge on any atom is 0.112 e. The van der Waals surface area contributed by atoms with E-state index in [0.717, 1.165) is 19.3 Å². The molecule has 0 heterocycles. The number of fused-ring (bicyclic) bond motifs is 4. The molecular formula is C18H22O3. The summed E-state index contributed by atoms with van der Waals surface area (Å²) in [6, 6.07) is 0. The molecule has 0 aromatic rings. The lowest BCUT2D eigenvalue weighted by Gasteiger charge is -2.44. The van der Waals surface area contributed by atoms with Gasteiger partial charge in [0, 0.05) is 11.3 Å². The fourth-order valence-corrected chi connectivity index (χ4v) is 4.84. The minimum atomic E-state index is -0.612. The molecule has 3 nitrogen and oxygen atoms in total. The standard InChI is InChI=1S/C18H22O3/c1-18-7-6-13-12-5-3-11(19)8-10(12)2-4-14(13)15(18)9-16(20)17(18)21/h3-5,8,10,15-17,19-21H,2,6-7,9H2,1H3/t10?,15?,16-,17+,18+/m1/s1. The van der Waals surface area contributed by atoms with Crippen molar-refractivity contribution in [3.05, 3.63) is 46.8 Å². The molecule has 3 N–H and O–H groups in total. The molecule has 2 fully saturated rings. The third-order valence-electron chi connectivity index (χ3n) is 6.10. The van der Waals surface area contributed by atoms with Crippen LogP contribution in [0.2, 0.25) is 0 Å². The van der Waals surface area contributed by atoms with Crippen LogP contribution in [0.1, 0.15) is 32.6 Å². The van der Waals surface area contributed by atoms with Gasteiger partial charge >= 0.3 is 0 Å². The van der Waals surface area contributed by atoms with E-state index < -0.39 is 12.2 Å². The molecule has 112 valence electrons. The van der Waals surface area contributed by atoms with Gasteiger partial charge in [-0.05, 0) is 60.5 Å². The van der Waals surface area contributed by atoms with E-state index in [-0.39, 0.29) is 17.3 Å². The van der Waals surface area contributed by atoms with E-state index in [1.807, 2.05) is 12.2 Å². The van der Waals surface area contributed by atoms with Crippen LogP contribution in [0.3, 0.4) is 0 Å². The Bertz CT molecular complexity index is 610. The van der Waals surface area contributed by atoms with Crippen LogP contribution in [0, 0.1) is 17.3 Å². The Balaban J connectivity index is 1.76. The third kappa shape index (κ3) is 1.74. The first-order valence-electron chi connectivity index (χ1n) is 7.89. The zero-order valence-corrected chi connectivity index (χ0v) is 12.3. The predicted octanol–water partition coefficient (Wildman–Crippen LogP) is 2.78. The smallest absolute Gasteiger partial charge is 0.112 e. The molecule has 0 aliphatic heterocycles. The molecule has 5 atom stereocenters. The van der Waals surface area contributed by atoms with Crippen molar-refractivity contribution < 1.29 is 15.3 Å². The van der Waals surface area contributed by atoms with Gasteiger partial charge in [-0.1, -0.05) is 19.1 Å². The van der Waals surface area contributed by atoms with Gasteiger partial charge in [0.05, 0.1) is 12.2 Å². The number of allylic oxidation sites excluding steroid dienone is 7. The van der Waals surface area contributed by atoms with Crippen LogP contribution in [-0.2, 0) is 0 Å². The van der Waals surface area contributed by atoms with Crippen molar-refractivity contribution in [1.29, 1.82) is 0 Å². The summed E-state index contributed by atoms with van der Waals surface area (Å²) in [4.78, 5) is 0. The van der Waals surface area contributed by atoms with Crippen molar-refractivity contribution in [2.45, 2.75) is 44.8 Å². The first kappa shape index (κ1) is 13.4. The molecule has 4 rings (SSSR count). The molecule has 4 aliphatic carbocycles. The highest BCUT2D eigenvalue weighted by atomic mass is 16.3. The largest absolute Gasteiger partial charge is 0.508 e. The van der Waals surface area contributed by atoms with Gasteiger partial charge in [-0.3, -0.25) is 0 Å². The Morgan fingerprint density at radius 3 is 2.86 bits per heavy atom. The summed E-state index contributed by atoms with van der Waals surface area (Å²) in [5.41, 5.74) is 3.85. The molecule has 2 unspecified atom stereocenters. The van der Waals surface area contributed by atoms with E-state index in [2.05, 4.69) is 13.0 Å². The van der Waals surface area contributed by atoms with Crippen LogP contribution in [0.25, 0.3) is 0 Å². The highest BCUT2D eigenvalue weighted by molar-refractivity contribution is 5.52. The van der Waals surface area contributed by atoms with Crippen molar-refractivity contribution in [3.63, 3.8) is 0 Å². The van der Waals surface area contributed by atoms with Crippen LogP contribution < -0.4 is 0 Å². The van der Waals surface area contributed by atoms with Gasteiger partial charge in [-0.25, -0.2) is 0 Å². The molecule has 0 aromatic heterocycles. The van der Waals surface area contributed by atoms with Crippen LogP contribution >= 0.6 is 0 Å². The molecule has 0 saturated heterocycles. The summed E-state index contributed by atoms with van der Waals surface area (Å²) in [6.07, 6.45) is 10.3. The molecule has 0 spiro atoms. The quantitative estimate of drug-likeness (QED) is 0.641. The fraction of sp³-hybridized carbons (Fsp3) is 0.556. The predicted molar refractivity (Wildman–Crippen MR) is 80.5 cm³/mol. The molecular weight excluding hydrogens is 264 g/mol. The lowest BCUT2D eigenvalue weighted by molar-refractivity contribution is -0.0251. The van der Waals surface area contributed by atoms with Gasteiger partial charge in [0.1, 0.15) is 5.76 Å². The minimum absolute atomic E-state index is 0.196. The lowest BCUT2D eigenvalue weighted by atomic mass is 9.61. The molecule has 0 amide bonds. The third-order valence-corrected chi connectivity index (χ3v) is 6.10. The van der Waals surface area contributed by atoms with E-state index in [4.69, 9.17) is 0 Å². The summed E-state index contributed by atoms with van der Waals surface area (Å²) in [6.45, 7) is 2.12. The maximum absolute atomic E-state index is 10.4. The second kappa shape index (κ2) is 4.34. The van der Waals surface area contributed by atoms with Gasteiger partial charge < -0.3 is 15.3 Å². The first-order valence-corrected chi connectivity index (χ1v) is 7.89. The lowest BCUT2D eigenvalue weighted by Crippen LogP contribution is -2.40. The molecule has 3 heteroatoms.